The monoisotopic (exact) mass is 257 g/mol. The second-order valence-corrected chi connectivity index (χ2v) is 3.81. The third kappa shape index (κ3) is 2.41. The van der Waals surface area contributed by atoms with Gasteiger partial charge in [-0.1, -0.05) is 12.1 Å². The average molecular weight is 257 g/mol. The molecular formula is C10H10F3N5. The van der Waals surface area contributed by atoms with Gasteiger partial charge in [0.25, 0.3) is 0 Å². The van der Waals surface area contributed by atoms with Crippen LogP contribution in [0, 0.1) is 6.92 Å². The third-order valence-electron chi connectivity index (χ3n) is 2.39. The first-order valence-electron chi connectivity index (χ1n) is 5.07. The molecule has 0 spiro atoms. The molecule has 96 valence electrons. The van der Waals surface area contributed by atoms with E-state index < -0.39 is 12.7 Å². The summed E-state index contributed by atoms with van der Waals surface area (Å²) in [5.41, 5.74) is 7.23. The van der Waals surface area contributed by atoms with Gasteiger partial charge in [-0.05, 0) is 29.0 Å². The van der Waals surface area contributed by atoms with Gasteiger partial charge >= 0.3 is 6.18 Å². The van der Waals surface area contributed by atoms with Gasteiger partial charge in [0.2, 0.25) is 0 Å². The summed E-state index contributed by atoms with van der Waals surface area (Å²) in [4.78, 5) is 0. The van der Waals surface area contributed by atoms with Crippen molar-refractivity contribution < 1.29 is 13.2 Å². The Labute approximate surface area is 100 Å². The van der Waals surface area contributed by atoms with Crippen molar-refractivity contribution in [2.45, 2.75) is 19.6 Å². The number of halogens is 3. The van der Waals surface area contributed by atoms with Gasteiger partial charge in [-0.2, -0.15) is 13.2 Å². The standard InChI is InChI=1S/C10H10F3N5/c1-6-3-2-4-7(14)8(6)9-15-16-17-18(9)5-10(11,12)13/h2-4H,5,14H2,1H3. The van der Waals surface area contributed by atoms with Crippen LogP contribution in [-0.4, -0.2) is 26.4 Å². The van der Waals surface area contributed by atoms with Crippen LogP contribution in [0.4, 0.5) is 18.9 Å². The van der Waals surface area contributed by atoms with E-state index in [0.29, 0.717) is 21.5 Å². The van der Waals surface area contributed by atoms with Crippen LogP contribution >= 0.6 is 0 Å². The van der Waals surface area contributed by atoms with Crippen LogP contribution in [0.5, 0.6) is 0 Å². The molecule has 0 aliphatic heterocycles. The zero-order chi connectivity index (χ0) is 13.3. The average Bonchev–Trinajstić information content (AvgIpc) is 2.63. The number of alkyl halides is 3. The van der Waals surface area contributed by atoms with Gasteiger partial charge in [0.15, 0.2) is 5.82 Å². The first-order chi connectivity index (χ1) is 8.38. The van der Waals surface area contributed by atoms with Gasteiger partial charge in [0.05, 0.1) is 0 Å². The molecule has 8 heteroatoms. The lowest BCUT2D eigenvalue weighted by Crippen LogP contribution is -2.20. The SMILES string of the molecule is Cc1cccc(N)c1-c1nnnn1CC(F)(F)F. The fraction of sp³-hybridized carbons (Fsp3) is 0.300. The topological polar surface area (TPSA) is 69.6 Å². The number of nitrogens with two attached hydrogens (primary N) is 1. The molecule has 0 aliphatic rings. The van der Waals surface area contributed by atoms with Crippen LogP contribution in [0.2, 0.25) is 0 Å². The van der Waals surface area contributed by atoms with E-state index in [4.69, 9.17) is 5.73 Å². The van der Waals surface area contributed by atoms with Crippen molar-refractivity contribution in [3.8, 4) is 11.4 Å². The van der Waals surface area contributed by atoms with E-state index in [9.17, 15) is 13.2 Å². The van der Waals surface area contributed by atoms with Crippen LogP contribution in [0.25, 0.3) is 11.4 Å². The normalized spacial score (nSPS) is 11.8. The Kier molecular flexibility index (Phi) is 2.93. The number of nitrogens with zero attached hydrogens (tertiary/aromatic N) is 4. The van der Waals surface area contributed by atoms with Crippen LogP contribution in [0.1, 0.15) is 5.56 Å². The lowest BCUT2D eigenvalue weighted by atomic mass is 10.1. The number of rotatable bonds is 2. The predicted molar refractivity (Wildman–Crippen MR) is 58.5 cm³/mol. The Hall–Kier alpha value is -2.12. The molecule has 1 heterocycles. The lowest BCUT2D eigenvalue weighted by Gasteiger charge is -2.11. The summed E-state index contributed by atoms with van der Waals surface area (Å²) in [5.74, 6) is 0.0166. The molecule has 2 aromatic rings. The maximum Gasteiger partial charge on any atom is 0.408 e. The Bertz CT molecular complexity index is 541. The van der Waals surface area contributed by atoms with Crippen LogP contribution in [0.15, 0.2) is 18.2 Å². The molecule has 0 unspecified atom stereocenters. The zero-order valence-corrected chi connectivity index (χ0v) is 9.44. The van der Waals surface area contributed by atoms with Gasteiger partial charge in [-0.15, -0.1) is 5.10 Å². The molecule has 0 aliphatic carbocycles. The number of hydrogen-bond donors (Lipinski definition) is 1. The first-order valence-corrected chi connectivity index (χ1v) is 5.07. The molecule has 2 N–H and O–H groups in total. The Balaban J connectivity index is 2.49. The van der Waals surface area contributed by atoms with E-state index in [1.807, 2.05) is 0 Å². The summed E-state index contributed by atoms with van der Waals surface area (Å²) in [7, 11) is 0. The molecule has 0 atom stereocenters. The molecule has 0 fully saturated rings. The van der Waals surface area contributed by atoms with Gasteiger partial charge in [0.1, 0.15) is 6.54 Å². The third-order valence-corrected chi connectivity index (χ3v) is 2.39. The lowest BCUT2D eigenvalue weighted by molar-refractivity contribution is -0.142. The quantitative estimate of drug-likeness (QED) is 0.833. The van der Waals surface area contributed by atoms with Crippen molar-refractivity contribution in [2.24, 2.45) is 0 Å². The minimum atomic E-state index is -4.39. The van der Waals surface area contributed by atoms with Crippen molar-refractivity contribution in [2.75, 3.05) is 5.73 Å². The highest BCUT2D eigenvalue weighted by Crippen LogP contribution is 2.28. The smallest absolute Gasteiger partial charge is 0.398 e. The molecule has 0 bridgehead atoms. The second-order valence-electron chi connectivity index (χ2n) is 3.81. The molecule has 1 aromatic heterocycles. The number of anilines is 1. The number of nitrogen functional groups attached to an aromatic ring is 1. The summed E-state index contributed by atoms with van der Waals surface area (Å²) in [6.45, 7) is 0.488. The van der Waals surface area contributed by atoms with E-state index in [1.54, 1.807) is 25.1 Å². The van der Waals surface area contributed by atoms with Gasteiger partial charge in [-0.25, -0.2) is 4.68 Å². The molecule has 0 amide bonds. The number of tetrazole rings is 1. The number of hydrogen-bond acceptors (Lipinski definition) is 4. The van der Waals surface area contributed by atoms with E-state index in [2.05, 4.69) is 15.5 Å². The highest BCUT2D eigenvalue weighted by Gasteiger charge is 2.30. The summed E-state index contributed by atoms with van der Waals surface area (Å²) in [6, 6.07) is 5.04. The Morgan fingerprint density at radius 1 is 1.33 bits per heavy atom. The van der Waals surface area contributed by atoms with E-state index >= 15 is 0 Å². The van der Waals surface area contributed by atoms with Crippen molar-refractivity contribution in [3.63, 3.8) is 0 Å². The summed E-state index contributed by atoms with van der Waals surface area (Å²) in [5, 5.41) is 10.2. The molecular weight excluding hydrogens is 247 g/mol. The Morgan fingerprint density at radius 2 is 2.06 bits per heavy atom. The van der Waals surface area contributed by atoms with Crippen molar-refractivity contribution in [1.82, 2.24) is 20.2 Å². The van der Waals surface area contributed by atoms with Gasteiger partial charge in [0, 0.05) is 11.3 Å². The maximum absolute atomic E-state index is 12.4. The largest absolute Gasteiger partial charge is 0.408 e. The number of benzene rings is 1. The molecule has 18 heavy (non-hydrogen) atoms. The predicted octanol–water partition coefficient (Wildman–Crippen LogP) is 1.79. The zero-order valence-electron chi connectivity index (χ0n) is 9.44. The van der Waals surface area contributed by atoms with Crippen LogP contribution in [0.3, 0.4) is 0 Å². The summed E-state index contributed by atoms with van der Waals surface area (Å²) >= 11 is 0. The first kappa shape index (κ1) is 12.3. The van der Waals surface area contributed by atoms with Gasteiger partial charge in [-0.3, -0.25) is 0 Å². The molecule has 0 radical (unpaired) electrons. The maximum atomic E-state index is 12.4. The second kappa shape index (κ2) is 4.28. The number of aryl methyl sites for hydroxylation is 1. The molecule has 0 saturated heterocycles. The van der Waals surface area contributed by atoms with E-state index in [0.717, 1.165) is 0 Å². The highest BCUT2D eigenvalue weighted by molar-refractivity contribution is 5.74. The molecule has 2 rings (SSSR count). The summed E-state index contributed by atoms with van der Waals surface area (Å²) < 4.78 is 37.8. The van der Waals surface area contributed by atoms with Crippen LogP contribution < -0.4 is 5.73 Å². The molecule has 1 aromatic carbocycles. The molecule has 0 saturated carbocycles. The fourth-order valence-electron chi connectivity index (χ4n) is 1.66. The minimum absolute atomic E-state index is 0.0166. The minimum Gasteiger partial charge on any atom is -0.398 e. The Morgan fingerprint density at radius 3 is 2.67 bits per heavy atom. The number of aromatic nitrogens is 4. The van der Waals surface area contributed by atoms with Crippen molar-refractivity contribution >= 4 is 5.69 Å². The van der Waals surface area contributed by atoms with Crippen LogP contribution in [-0.2, 0) is 6.54 Å². The fourth-order valence-corrected chi connectivity index (χ4v) is 1.66. The van der Waals surface area contributed by atoms with Crippen molar-refractivity contribution in [1.29, 1.82) is 0 Å². The molecule has 5 nitrogen and oxygen atoms in total. The highest BCUT2D eigenvalue weighted by atomic mass is 19.4. The summed E-state index contributed by atoms with van der Waals surface area (Å²) in [6.07, 6.45) is -4.39. The van der Waals surface area contributed by atoms with E-state index in [-0.39, 0.29) is 5.82 Å². The van der Waals surface area contributed by atoms with Crippen molar-refractivity contribution in [3.05, 3.63) is 23.8 Å². The van der Waals surface area contributed by atoms with E-state index in [1.165, 1.54) is 0 Å². The van der Waals surface area contributed by atoms with Gasteiger partial charge < -0.3 is 5.73 Å².